The van der Waals surface area contributed by atoms with Crippen molar-refractivity contribution in [2.45, 2.75) is 6.42 Å². The summed E-state index contributed by atoms with van der Waals surface area (Å²) < 4.78 is 10.7. The zero-order valence-electron chi connectivity index (χ0n) is 14.8. The van der Waals surface area contributed by atoms with Gasteiger partial charge in [0.2, 0.25) is 0 Å². The van der Waals surface area contributed by atoms with Gasteiger partial charge in [-0.3, -0.25) is 9.89 Å². The average molecular weight is 351 g/mol. The molecule has 6 nitrogen and oxygen atoms in total. The monoisotopic (exact) mass is 351 g/mol. The van der Waals surface area contributed by atoms with Crippen molar-refractivity contribution < 1.29 is 14.3 Å². The number of carbonyl (C=O) groups excluding carboxylic acids is 1. The molecule has 0 spiro atoms. The highest BCUT2D eigenvalue weighted by Gasteiger charge is 2.14. The van der Waals surface area contributed by atoms with Crippen molar-refractivity contribution in [1.29, 1.82) is 0 Å². The number of hydrogen-bond donors (Lipinski definition) is 2. The second kappa shape index (κ2) is 8.20. The Kier molecular flexibility index (Phi) is 5.53. The molecule has 6 heteroatoms. The SMILES string of the molecule is COc1ccccc1CCNC(=O)c1ccc(-c2cn[nH]c2)cc1OC. The summed E-state index contributed by atoms with van der Waals surface area (Å²) in [5.41, 5.74) is 3.42. The lowest BCUT2D eigenvalue weighted by atomic mass is 10.1. The molecule has 26 heavy (non-hydrogen) atoms. The molecular formula is C20H21N3O3. The topological polar surface area (TPSA) is 76.2 Å². The summed E-state index contributed by atoms with van der Waals surface area (Å²) >= 11 is 0. The summed E-state index contributed by atoms with van der Waals surface area (Å²) in [7, 11) is 3.20. The number of aromatic nitrogens is 2. The van der Waals surface area contributed by atoms with Gasteiger partial charge in [0, 0.05) is 18.3 Å². The number of nitrogens with one attached hydrogen (secondary N) is 2. The number of benzene rings is 2. The summed E-state index contributed by atoms with van der Waals surface area (Å²) in [5.74, 6) is 1.18. The molecule has 0 saturated heterocycles. The van der Waals surface area contributed by atoms with E-state index in [1.54, 1.807) is 32.7 Å². The standard InChI is InChI=1S/C20H21N3O3/c1-25-18-6-4-3-5-14(18)9-10-21-20(24)17-8-7-15(11-19(17)26-2)16-12-22-23-13-16/h3-8,11-13H,9-10H2,1-2H3,(H,21,24)(H,22,23). The van der Waals surface area contributed by atoms with Gasteiger partial charge in [0.25, 0.3) is 5.91 Å². The number of carbonyl (C=O) groups is 1. The van der Waals surface area contributed by atoms with Gasteiger partial charge in [0.15, 0.2) is 0 Å². The van der Waals surface area contributed by atoms with Crippen LogP contribution in [-0.2, 0) is 6.42 Å². The van der Waals surface area contributed by atoms with Crippen LogP contribution in [0, 0.1) is 0 Å². The molecular weight excluding hydrogens is 330 g/mol. The highest BCUT2D eigenvalue weighted by Crippen LogP contribution is 2.26. The molecule has 0 unspecified atom stereocenters. The number of nitrogens with zero attached hydrogens (tertiary/aromatic N) is 1. The van der Waals surface area contributed by atoms with Crippen LogP contribution in [0.1, 0.15) is 15.9 Å². The number of methoxy groups -OCH3 is 2. The summed E-state index contributed by atoms with van der Waals surface area (Å²) in [4.78, 5) is 12.5. The number of aromatic amines is 1. The van der Waals surface area contributed by atoms with Crippen LogP contribution in [0.4, 0.5) is 0 Å². The van der Waals surface area contributed by atoms with E-state index in [0.29, 0.717) is 24.3 Å². The van der Waals surface area contributed by atoms with Gasteiger partial charge in [-0.05, 0) is 35.7 Å². The predicted octanol–water partition coefficient (Wildman–Crippen LogP) is 3.07. The van der Waals surface area contributed by atoms with E-state index in [1.165, 1.54) is 0 Å². The van der Waals surface area contributed by atoms with Crippen LogP contribution in [0.2, 0.25) is 0 Å². The Hall–Kier alpha value is -3.28. The van der Waals surface area contributed by atoms with E-state index in [-0.39, 0.29) is 5.91 Å². The number of amides is 1. The first-order chi connectivity index (χ1) is 12.7. The van der Waals surface area contributed by atoms with Crippen LogP contribution in [-0.4, -0.2) is 36.9 Å². The van der Waals surface area contributed by atoms with E-state index in [1.807, 2.05) is 36.4 Å². The van der Waals surface area contributed by atoms with Crippen molar-refractivity contribution in [1.82, 2.24) is 15.5 Å². The molecule has 2 aromatic carbocycles. The van der Waals surface area contributed by atoms with Crippen molar-refractivity contribution in [2.75, 3.05) is 20.8 Å². The van der Waals surface area contributed by atoms with Crippen LogP contribution in [0.25, 0.3) is 11.1 Å². The molecule has 0 aliphatic rings. The predicted molar refractivity (Wildman–Crippen MR) is 99.6 cm³/mol. The van der Waals surface area contributed by atoms with Gasteiger partial charge in [-0.2, -0.15) is 5.10 Å². The molecule has 0 bridgehead atoms. The smallest absolute Gasteiger partial charge is 0.255 e. The minimum Gasteiger partial charge on any atom is -0.496 e. The molecule has 0 saturated carbocycles. The second-order valence-corrected chi connectivity index (χ2v) is 5.72. The number of hydrogen-bond acceptors (Lipinski definition) is 4. The minimum atomic E-state index is -0.171. The van der Waals surface area contributed by atoms with Crippen molar-refractivity contribution in [3.05, 3.63) is 66.0 Å². The maximum atomic E-state index is 12.5. The normalized spacial score (nSPS) is 10.4. The highest BCUT2D eigenvalue weighted by atomic mass is 16.5. The van der Waals surface area contributed by atoms with Crippen molar-refractivity contribution in [3.8, 4) is 22.6 Å². The third-order valence-electron chi connectivity index (χ3n) is 4.15. The Morgan fingerprint density at radius 1 is 1.08 bits per heavy atom. The Balaban J connectivity index is 1.67. The van der Waals surface area contributed by atoms with Gasteiger partial charge in [-0.25, -0.2) is 0 Å². The largest absolute Gasteiger partial charge is 0.496 e. The van der Waals surface area contributed by atoms with E-state index in [0.717, 1.165) is 22.4 Å². The Morgan fingerprint density at radius 3 is 2.62 bits per heavy atom. The van der Waals surface area contributed by atoms with Gasteiger partial charge >= 0.3 is 0 Å². The summed E-state index contributed by atoms with van der Waals surface area (Å²) in [6.45, 7) is 0.506. The molecule has 134 valence electrons. The molecule has 0 radical (unpaired) electrons. The summed E-state index contributed by atoms with van der Waals surface area (Å²) in [6.07, 6.45) is 4.20. The molecule has 0 atom stereocenters. The van der Waals surface area contributed by atoms with Crippen LogP contribution < -0.4 is 14.8 Å². The third-order valence-corrected chi connectivity index (χ3v) is 4.15. The second-order valence-electron chi connectivity index (χ2n) is 5.72. The third kappa shape index (κ3) is 3.85. The number of para-hydroxylation sites is 1. The quantitative estimate of drug-likeness (QED) is 0.686. The fourth-order valence-corrected chi connectivity index (χ4v) is 2.78. The fourth-order valence-electron chi connectivity index (χ4n) is 2.78. The van der Waals surface area contributed by atoms with Crippen molar-refractivity contribution in [3.63, 3.8) is 0 Å². The van der Waals surface area contributed by atoms with Crippen molar-refractivity contribution in [2.24, 2.45) is 0 Å². The molecule has 2 N–H and O–H groups in total. The average Bonchev–Trinajstić information content (AvgIpc) is 3.22. The van der Waals surface area contributed by atoms with Gasteiger partial charge in [0.1, 0.15) is 11.5 Å². The van der Waals surface area contributed by atoms with Gasteiger partial charge in [-0.15, -0.1) is 0 Å². The van der Waals surface area contributed by atoms with Gasteiger partial charge < -0.3 is 14.8 Å². The van der Waals surface area contributed by atoms with E-state index in [9.17, 15) is 4.79 Å². The Labute approximate surface area is 152 Å². The molecule has 0 aliphatic heterocycles. The molecule has 1 heterocycles. The Bertz CT molecular complexity index is 876. The fraction of sp³-hybridized carbons (Fsp3) is 0.200. The van der Waals surface area contributed by atoms with Gasteiger partial charge in [-0.1, -0.05) is 24.3 Å². The summed E-state index contributed by atoms with van der Waals surface area (Å²) in [6, 6.07) is 13.3. The molecule has 1 aromatic heterocycles. The first-order valence-electron chi connectivity index (χ1n) is 8.30. The van der Waals surface area contributed by atoms with E-state index >= 15 is 0 Å². The van der Waals surface area contributed by atoms with Crippen molar-refractivity contribution >= 4 is 5.91 Å². The lowest BCUT2D eigenvalue weighted by molar-refractivity contribution is 0.0951. The molecule has 0 aliphatic carbocycles. The lowest BCUT2D eigenvalue weighted by Crippen LogP contribution is -2.26. The van der Waals surface area contributed by atoms with Crippen LogP contribution in [0.3, 0.4) is 0 Å². The molecule has 3 rings (SSSR count). The maximum Gasteiger partial charge on any atom is 0.255 e. The molecule has 1 amide bonds. The molecule has 0 fully saturated rings. The van der Waals surface area contributed by atoms with Crippen LogP contribution in [0.5, 0.6) is 11.5 Å². The zero-order chi connectivity index (χ0) is 18.4. The lowest BCUT2D eigenvalue weighted by Gasteiger charge is -2.12. The minimum absolute atomic E-state index is 0.171. The summed E-state index contributed by atoms with van der Waals surface area (Å²) in [5, 5.41) is 9.65. The number of ether oxygens (including phenoxy) is 2. The highest BCUT2D eigenvalue weighted by molar-refractivity contribution is 5.97. The zero-order valence-corrected chi connectivity index (χ0v) is 14.8. The Morgan fingerprint density at radius 2 is 1.88 bits per heavy atom. The van der Waals surface area contributed by atoms with Crippen LogP contribution >= 0.6 is 0 Å². The van der Waals surface area contributed by atoms with E-state index in [2.05, 4.69) is 15.5 Å². The maximum absolute atomic E-state index is 12.5. The molecule has 3 aromatic rings. The van der Waals surface area contributed by atoms with Gasteiger partial charge in [0.05, 0.1) is 26.0 Å². The first kappa shape index (κ1) is 17.5. The van der Waals surface area contributed by atoms with E-state index in [4.69, 9.17) is 9.47 Å². The number of H-pyrrole nitrogens is 1. The van der Waals surface area contributed by atoms with E-state index < -0.39 is 0 Å². The number of rotatable bonds is 7. The first-order valence-corrected chi connectivity index (χ1v) is 8.30. The van der Waals surface area contributed by atoms with Crippen LogP contribution in [0.15, 0.2) is 54.9 Å².